The molecule has 0 radical (unpaired) electrons. The summed E-state index contributed by atoms with van der Waals surface area (Å²) in [5.41, 5.74) is 2.99. The molecule has 1 fully saturated rings. The third-order valence-electron chi connectivity index (χ3n) is 5.44. The molecular weight excluding hydrogens is 302 g/mol. The van der Waals surface area contributed by atoms with Crippen molar-refractivity contribution in [1.82, 2.24) is 14.8 Å². The van der Waals surface area contributed by atoms with Gasteiger partial charge in [0.25, 0.3) is 5.91 Å². The number of fused-ring (bicyclic) bond motifs is 1. The number of benzene rings is 1. The van der Waals surface area contributed by atoms with E-state index in [4.69, 9.17) is 4.74 Å². The van der Waals surface area contributed by atoms with E-state index >= 15 is 0 Å². The molecule has 1 saturated heterocycles. The Morgan fingerprint density at radius 2 is 2.04 bits per heavy atom. The number of nitrogens with zero attached hydrogens (tertiary/aromatic N) is 2. The highest BCUT2D eigenvalue weighted by Gasteiger charge is 2.35. The van der Waals surface area contributed by atoms with Gasteiger partial charge in [0.05, 0.1) is 5.52 Å². The number of carbonyl (C=O) groups excluding carboxylic acids is 1. The molecule has 0 aliphatic carbocycles. The smallest absolute Gasteiger partial charge is 0.267 e. The van der Waals surface area contributed by atoms with Gasteiger partial charge in [-0.1, -0.05) is 18.2 Å². The molecule has 130 valence electrons. The van der Waals surface area contributed by atoms with Crippen LogP contribution in [-0.4, -0.2) is 54.8 Å². The highest BCUT2D eigenvalue weighted by atomic mass is 16.5. The number of likely N-dealkylation sites (N-methyl/N-ethyl adjacent to an activating group) is 1. The zero-order chi connectivity index (χ0) is 17.3. The van der Waals surface area contributed by atoms with Crippen LogP contribution in [-0.2, 0) is 11.8 Å². The molecule has 2 aromatic rings. The standard InChI is InChI=1S/C19H27N3O2/c1-14-6-5-7-15-12-16(22(4)17(14)15)18(23)20-13-19(21(2)3)8-10-24-11-9-19/h5-7,12H,8-11,13H2,1-4H3,(H,20,23). The fraction of sp³-hybridized carbons (Fsp3) is 0.526. The molecule has 5 heteroatoms. The maximum absolute atomic E-state index is 12.8. The van der Waals surface area contributed by atoms with Gasteiger partial charge in [-0.15, -0.1) is 0 Å². The molecule has 1 aliphatic rings. The van der Waals surface area contributed by atoms with E-state index in [1.54, 1.807) is 0 Å². The second kappa shape index (κ2) is 6.57. The van der Waals surface area contributed by atoms with Crippen LogP contribution in [0.5, 0.6) is 0 Å². The fourth-order valence-corrected chi connectivity index (χ4v) is 3.71. The van der Waals surface area contributed by atoms with E-state index < -0.39 is 0 Å². The molecule has 3 rings (SSSR count). The molecule has 0 bridgehead atoms. The van der Waals surface area contributed by atoms with Crippen molar-refractivity contribution < 1.29 is 9.53 Å². The van der Waals surface area contributed by atoms with Gasteiger partial charge in [-0.2, -0.15) is 0 Å². The first kappa shape index (κ1) is 17.0. The van der Waals surface area contributed by atoms with Crippen LogP contribution >= 0.6 is 0 Å². The summed E-state index contributed by atoms with van der Waals surface area (Å²) >= 11 is 0. The summed E-state index contributed by atoms with van der Waals surface area (Å²) in [5, 5.41) is 4.26. The zero-order valence-electron chi connectivity index (χ0n) is 15.1. The Balaban J connectivity index is 1.80. The van der Waals surface area contributed by atoms with Crippen LogP contribution in [0.15, 0.2) is 24.3 Å². The third-order valence-corrected chi connectivity index (χ3v) is 5.44. The Hall–Kier alpha value is -1.85. The minimum atomic E-state index is -0.0194. The minimum absolute atomic E-state index is 0.0131. The number of rotatable bonds is 4. The lowest BCUT2D eigenvalue weighted by atomic mass is 9.88. The molecule has 2 heterocycles. The molecule has 1 aromatic carbocycles. The van der Waals surface area contributed by atoms with Gasteiger partial charge in [0.15, 0.2) is 0 Å². The van der Waals surface area contributed by atoms with Crippen LogP contribution in [0, 0.1) is 6.92 Å². The number of para-hydroxylation sites is 1. The lowest BCUT2D eigenvalue weighted by Gasteiger charge is -2.42. The van der Waals surface area contributed by atoms with E-state index in [0.717, 1.165) is 37.0 Å². The van der Waals surface area contributed by atoms with Gasteiger partial charge >= 0.3 is 0 Å². The van der Waals surface area contributed by atoms with E-state index in [1.165, 1.54) is 5.56 Å². The van der Waals surface area contributed by atoms with Crippen LogP contribution in [0.25, 0.3) is 10.9 Å². The lowest BCUT2D eigenvalue weighted by molar-refractivity contribution is -0.00661. The minimum Gasteiger partial charge on any atom is -0.381 e. The third kappa shape index (κ3) is 2.94. The van der Waals surface area contributed by atoms with Crippen LogP contribution < -0.4 is 5.32 Å². The van der Waals surface area contributed by atoms with E-state index in [0.29, 0.717) is 12.2 Å². The summed E-state index contributed by atoms with van der Waals surface area (Å²) in [6.07, 6.45) is 1.88. The molecular formula is C19H27N3O2. The van der Waals surface area contributed by atoms with Crippen molar-refractivity contribution in [1.29, 1.82) is 0 Å². The zero-order valence-corrected chi connectivity index (χ0v) is 15.1. The first-order chi connectivity index (χ1) is 11.4. The SMILES string of the molecule is Cc1cccc2cc(C(=O)NCC3(N(C)C)CCOCC3)n(C)c12. The Morgan fingerprint density at radius 1 is 1.33 bits per heavy atom. The number of amides is 1. The van der Waals surface area contributed by atoms with Gasteiger partial charge in [-0.05, 0) is 45.5 Å². The summed E-state index contributed by atoms with van der Waals surface area (Å²) < 4.78 is 7.49. The molecule has 1 amide bonds. The number of aromatic nitrogens is 1. The van der Waals surface area contributed by atoms with Crippen molar-refractivity contribution in [2.24, 2.45) is 7.05 Å². The maximum atomic E-state index is 12.8. The van der Waals surface area contributed by atoms with Crippen LogP contribution in [0.1, 0.15) is 28.9 Å². The topological polar surface area (TPSA) is 46.5 Å². The van der Waals surface area contributed by atoms with E-state index in [1.807, 2.05) is 23.7 Å². The number of carbonyl (C=O) groups is 1. The first-order valence-corrected chi connectivity index (χ1v) is 8.53. The van der Waals surface area contributed by atoms with E-state index in [9.17, 15) is 4.79 Å². The van der Waals surface area contributed by atoms with Gasteiger partial charge in [0.1, 0.15) is 5.69 Å². The number of hydrogen-bond acceptors (Lipinski definition) is 3. The average Bonchev–Trinajstić information content (AvgIpc) is 2.91. The Bertz CT molecular complexity index is 742. The normalized spacial score (nSPS) is 17.4. The predicted molar refractivity (Wildman–Crippen MR) is 96.5 cm³/mol. The highest BCUT2D eigenvalue weighted by Crippen LogP contribution is 2.26. The maximum Gasteiger partial charge on any atom is 0.267 e. The molecule has 5 nitrogen and oxygen atoms in total. The van der Waals surface area contributed by atoms with Gasteiger partial charge in [-0.25, -0.2) is 0 Å². The summed E-state index contributed by atoms with van der Waals surface area (Å²) in [5.74, 6) is -0.0131. The van der Waals surface area contributed by atoms with E-state index in [2.05, 4.69) is 43.4 Å². The molecule has 1 N–H and O–H groups in total. The van der Waals surface area contributed by atoms with Crippen molar-refractivity contribution in [3.05, 3.63) is 35.5 Å². The molecule has 0 atom stereocenters. The fourth-order valence-electron chi connectivity index (χ4n) is 3.71. The van der Waals surface area contributed by atoms with E-state index in [-0.39, 0.29) is 11.4 Å². The number of nitrogens with one attached hydrogen (secondary N) is 1. The van der Waals surface area contributed by atoms with Crippen molar-refractivity contribution in [2.45, 2.75) is 25.3 Å². The largest absolute Gasteiger partial charge is 0.381 e. The summed E-state index contributed by atoms with van der Waals surface area (Å²) in [7, 11) is 6.12. The molecule has 1 aliphatic heterocycles. The Morgan fingerprint density at radius 3 is 2.67 bits per heavy atom. The molecule has 0 saturated carbocycles. The molecule has 0 unspecified atom stereocenters. The second-order valence-corrected chi connectivity index (χ2v) is 7.02. The number of aryl methyl sites for hydroxylation is 2. The summed E-state index contributed by atoms with van der Waals surface area (Å²) in [4.78, 5) is 15.0. The molecule has 1 aromatic heterocycles. The Labute approximate surface area is 143 Å². The van der Waals surface area contributed by atoms with Crippen LogP contribution in [0.3, 0.4) is 0 Å². The van der Waals surface area contributed by atoms with Crippen molar-refractivity contribution >= 4 is 16.8 Å². The number of ether oxygens (including phenoxy) is 1. The van der Waals surface area contributed by atoms with Gasteiger partial charge in [-0.3, -0.25) is 4.79 Å². The van der Waals surface area contributed by atoms with Crippen molar-refractivity contribution in [3.8, 4) is 0 Å². The van der Waals surface area contributed by atoms with Crippen molar-refractivity contribution in [3.63, 3.8) is 0 Å². The van der Waals surface area contributed by atoms with Crippen LogP contribution in [0.4, 0.5) is 0 Å². The lowest BCUT2D eigenvalue weighted by Crippen LogP contribution is -2.55. The first-order valence-electron chi connectivity index (χ1n) is 8.53. The summed E-state index contributed by atoms with van der Waals surface area (Å²) in [6.45, 7) is 4.22. The second-order valence-electron chi connectivity index (χ2n) is 7.02. The Kier molecular flexibility index (Phi) is 4.65. The predicted octanol–water partition coefficient (Wildman–Crippen LogP) is 2.33. The van der Waals surface area contributed by atoms with Gasteiger partial charge < -0.3 is 19.5 Å². The number of hydrogen-bond donors (Lipinski definition) is 1. The van der Waals surface area contributed by atoms with Crippen LogP contribution in [0.2, 0.25) is 0 Å². The van der Waals surface area contributed by atoms with Crippen molar-refractivity contribution in [2.75, 3.05) is 33.9 Å². The highest BCUT2D eigenvalue weighted by molar-refractivity contribution is 5.99. The molecule has 0 spiro atoms. The molecule has 24 heavy (non-hydrogen) atoms. The monoisotopic (exact) mass is 329 g/mol. The van der Waals surface area contributed by atoms with Gasteiger partial charge in [0.2, 0.25) is 0 Å². The van der Waals surface area contributed by atoms with Gasteiger partial charge in [0, 0.05) is 37.7 Å². The summed E-state index contributed by atoms with van der Waals surface area (Å²) in [6, 6.07) is 8.14. The quantitative estimate of drug-likeness (QED) is 0.936. The average molecular weight is 329 g/mol.